The van der Waals surface area contributed by atoms with Gasteiger partial charge in [0.05, 0.1) is 5.56 Å². The van der Waals surface area contributed by atoms with E-state index in [0.29, 0.717) is 35.9 Å². The lowest BCUT2D eigenvalue weighted by molar-refractivity contribution is 0.101. The second-order valence-electron chi connectivity index (χ2n) is 5.59. The van der Waals surface area contributed by atoms with E-state index < -0.39 is 6.09 Å². The van der Waals surface area contributed by atoms with Crippen molar-refractivity contribution in [1.82, 2.24) is 4.90 Å². The predicted octanol–water partition coefficient (Wildman–Crippen LogP) is 4.04. The number of fused-ring (bicyclic) bond motifs is 1. The Labute approximate surface area is 145 Å². The maximum Gasteiger partial charge on any atom is 0.415 e. The largest absolute Gasteiger partial charge is 0.462 e. The molecule has 0 N–H and O–H groups in total. The van der Waals surface area contributed by atoms with Gasteiger partial charge in [-0.2, -0.15) is 0 Å². The van der Waals surface area contributed by atoms with Crippen LogP contribution in [0.3, 0.4) is 0 Å². The number of amides is 1. The minimum absolute atomic E-state index is 0.177. The van der Waals surface area contributed by atoms with Crippen LogP contribution in [-0.4, -0.2) is 29.9 Å². The zero-order valence-electron chi connectivity index (χ0n) is 14.4. The van der Waals surface area contributed by atoms with Crippen molar-refractivity contribution >= 4 is 18.0 Å². The van der Waals surface area contributed by atoms with Crippen molar-refractivity contribution in [2.75, 3.05) is 13.1 Å². The minimum Gasteiger partial charge on any atom is -0.462 e. The Balaban J connectivity index is 1.80. The number of aryl methyl sites for hydroxylation is 1. The first-order valence-electron chi connectivity index (χ1n) is 8.13. The molecule has 6 nitrogen and oxygen atoms in total. The summed E-state index contributed by atoms with van der Waals surface area (Å²) in [7, 11) is 0. The molecule has 6 heteroatoms. The van der Waals surface area contributed by atoms with Gasteiger partial charge in [-0.1, -0.05) is 0 Å². The summed E-state index contributed by atoms with van der Waals surface area (Å²) in [4.78, 5) is 26.0. The Hall–Kier alpha value is -3.02. The van der Waals surface area contributed by atoms with Crippen LogP contribution in [0, 0.1) is 6.92 Å². The van der Waals surface area contributed by atoms with E-state index >= 15 is 0 Å². The second-order valence-corrected chi connectivity index (χ2v) is 5.59. The van der Waals surface area contributed by atoms with E-state index in [4.69, 9.17) is 13.9 Å². The molecule has 0 spiro atoms. The lowest BCUT2D eigenvalue weighted by Gasteiger charge is -2.17. The van der Waals surface area contributed by atoms with Gasteiger partial charge in [0.15, 0.2) is 5.76 Å². The molecule has 0 radical (unpaired) electrons. The SMILES string of the molecule is CCN(CC)C(=O)Oc1ccc2c(c1)OC(=Cc1ccc(C)o1)C2=O. The third-order valence-corrected chi connectivity index (χ3v) is 3.90. The highest BCUT2D eigenvalue weighted by Gasteiger charge is 2.28. The molecule has 1 aromatic heterocycles. The number of carbonyl (C=O) groups excluding carboxylic acids is 2. The number of carbonyl (C=O) groups is 2. The van der Waals surface area contributed by atoms with Gasteiger partial charge in [-0.25, -0.2) is 4.79 Å². The van der Waals surface area contributed by atoms with Gasteiger partial charge in [0.1, 0.15) is 23.0 Å². The lowest BCUT2D eigenvalue weighted by atomic mass is 10.1. The standard InChI is InChI=1S/C19H19NO5/c1-4-20(5-2)19(22)24-14-8-9-15-16(10-14)25-17(18(15)21)11-13-7-6-12(3)23-13/h6-11H,4-5H2,1-3H3. The predicted molar refractivity (Wildman–Crippen MR) is 91.8 cm³/mol. The summed E-state index contributed by atoms with van der Waals surface area (Å²) >= 11 is 0. The summed E-state index contributed by atoms with van der Waals surface area (Å²) in [5.41, 5.74) is 0.428. The van der Waals surface area contributed by atoms with Gasteiger partial charge >= 0.3 is 6.09 Å². The highest BCUT2D eigenvalue weighted by Crippen LogP contribution is 2.35. The third-order valence-electron chi connectivity index (χ3n) is 3.90. The molecular weight excluding hydrogens is 322 g/mol. The Morgan fingerprint density at radius 2 is 1.96 bits per heavy atom. The molecule has 25 heavy (non-hydrogen) atoms. The van der Waals surface area contributed by atoms with E-state index in [1.54, 1.807) is 35.2 Å². The number of ether oxygens (including phenoxy) is 2. The lowest BCUT2D eigenvalue weighted by Crippen LogP contribution is -2.33. The fourth-order valence-corrected chi connectivity index (χ4v) is 2.54. The monoisotopic (exact) mass is 341 g/mol. The van der Waals surface area contributed by atoms with Gasteiger partial charge < -0.3 is 18.8 Å². The molecule has 0 fully saturated rings. The zero-order chi connectivity index (χ0) is 18.0. The molecule has 0 aliphatic carbocycles. The first-order valence-corrected chi connectivity index (χ1v) is 8.13. The number of hydrogen-bond acceptors (Lipinski definition) is 5. The van der Waals surface area contributed by atoms with Gasteiger partial charge in [-0.05, 0) is 45.0 Å². The molecule has 0 saturated carbocycles. The molecule has 0 atom stereocenters. The average Bonchev–Trinajstić information content (AvgIpc) is 3.12. The second kappa shape index (κ2) is 6.84. The van der Waals surface area contributed by atoms with E-state index in [9.17, 15) is 9.59 Å². The molecule has 1 amide bonds. The number of benzene rings is 1. The van der Waals surface area contributed by atoms with Crippen LogP contribution in [0.1, 0.15) is 35.7 Å². The third kappa shape index (κ3) is 3.42. The number of hydrogen-bond donors (Lipinski definition) is 0. The summed E-state index contributed by atoms with van der Waals surface area (Å²) in [6.45, 7) is 6.70. The Morgan fingerprint density at radius 1 is 1.20 bits per heavy atom. The van der Waals surface area contributed by atoms with Crippen molar-refractivity contribution in [3.05, 3.63) is 53.2 Å². The number of rotatable bonds is 4. The molecule has 0 unspecified atom stereocenters. The summed E-state index contributed by atoms with van der Waals surface area (Å²) in [5, 5.41) is 0. The molecule has 130 valence electrons. The van der Waals surface area contributed by atoms with Gasteiger partial charge in [0, 0.05) is 25.2 Å². The molecule has 0 bridgehead atoms. The fourth-order valence-electron chi connectivity index (χ4n) is 2.54. The summed E-state index contributed by atoms with van der Waals surface area (Å²) < 4.78 is 16.4. The number of Topliss-reactive ketones (excluding diaryl/α,β-unsaturated/α-hetero) is 1. The van der Waals surface area contributed by atoms with Crippen molar-refractivity contribution in [3.63, 3.8) is 0 Å². The van der Waals surface area contributed by atoms with Crippen LogP contribution in [0.15, 0.2) is 40.5 Å². The first-order chi connectivity index (χ1) is 12.0. The van der Waals surface area contributed by atoms with Gasteiger partial charge in [-0.15, -0.1) is 0 Å². The quantitative estimate of drug-likeness (QED) is 0.785. The number of ketones is 1. The van der Waals surface area contributed by atoms with Crippen LogP contribution in [0.5, 0.6) is 11.5 Å². The van der Waals surface area contributed by atoms with Crippen molar-refractivity contribution in [2.24, 2.45) is 0 Å². The zero-order valence-corrected chi connectivity index (χ0v) is 14.4. The molecule has 2 heterocycles. The van der Waals surface area contributed by atoms with E-state index in [1.807, 2.05) is 26.8 Å². The van der Waals surface area contributed by atoms with Gasteiger partial charge in [0.25, 0.3) is 0 Å². The Morgan fingerprint density at radius 3 is 2.60 bits per heavy atom. The molecule has 3 rings (SSSR count). The van der Waals surface area contributed by atoms with Crippen molar-refractivity contribution in [3.8, 4) is 11.5 Å². The van der Waals surface area contributed by atoms with E-state index in [1.165, 1.54) is 0 Å². The summed E-state index contributed by atoms with van der Waals surface area (Å²) in [5.74, 6) is 1.94. The van der Waals surface area contributed by atoms with Crippen molar-refractivity contribution in [2.45, 2.75) is 20.8 Å². The number of nitrogens with zero attached hydrogens (tertiary/aromatic N) is 1. The van der Waals surface area contributed by atoms with Crippen LogP contribution in [0.2, 0.25) is 0 Å². The van der Waals surface area contributed by atoms with Crippen LogP contribution < -0.4 is 9.47 Å². The van der Waals surface area contributed by atoms with Crippen molar-refractivity contribution < 1.29 is 23.5 Å². The molecular formula is C19H19NO5. The van der Waals surface area contributed by atoms with Crippen LogP contribution in [0.25, 0.3) is 6.08 Å². The van der Waals surface area contributed by atoms with Crippen LogP contribution in [-0.2, 0) is 0 Å². The summed E-state index contributed by atoms with van der Waals surface area (Å²) in [6.07, 6.45) is 1.12. The highest BCUT2D eigenvalue weighted by molar-refractivity contribution is 6.14. The molecule has 2 aromatic rings. The van der Waals surface area contributed by atoms with E-state index in [2.05, 4.69) is 0 Å². The van der Waals surface area contributed by atoms with E-state index in [-0.39, 0.29) is 11.5 Å². The van der Waals surface area contributed by atoms with Crippen LogP contribution in [0.4, 0.5) is 4.79 Å². The van der Waals surface area contributed by atoms with Crippen molar-refractivity contribution in [1.29, 1.82) is 0 Å². The fraction of sp³-hybridized carbons (Fsp3) is 0.263. The molecule has 1 aromatic carbocycles. The molecule has 1 aliphatic rings. The molecule has 0 saturated heterocycles. The Bertz CT molecular complexity index is 845. The smallest absolute Gasteiger partial charge is 0.415 e. The minimum atomic E-state index is -0.434. The van der Waals surface area contributed by atoms with Crippen LogP contribution >= 0.6 is 0 Å². The topological polar surface area (TPSA) is 69.0 Å². The maximum atomic E-state index is 12.4. The molecule has 1 aliphatic heterocycles. The van der Waals surface area contributed by atoms with Gasteiger partial charge in [-0.3, -0.25) is 4.79 Å². The number of furan rings is 1. The highest BCUT2D eigenvalue weighted by atomic mass is 16.6. The normalized spacial score (nSPS) is 14.4. The summed E-state index contributed by atoms with van der Waals surface area (Å²) in [6, 6.07) is 8.30. The first kappa shape index (κ1) is 16.8. The van der Waals surface area contributed by atoms with Gasteiger partial charge in [0.2, 0.25) is 5.78 Å². The average molecular weight is 341 g/mol. The Kier molecular flexibility index (Phi) is 4.61. The maximum absolute atomic E-state index is 12.4. The van der Waals surface area contributed by atoms with E-state index in [0.717, 1.165) is 5.76 Å². The number of allylic oxidation sites excluding steroid dienone is 1.